The maximum Gasteiger partial charge on any atom is 0.160 e. The van der Waals surface area contributed by atoms with E-state index in [0.29, 0.717) is 11.8 Å². The molecule has 2 saturated carbocycles. The Morgan fingerprint density at radius 3 is 2.60 bits per heavy atom. The van der Waals surface area contributed by atoms with Gasteiger partial charge in [0.25, 0.3) is 0 Å². The van der Waals surface area contributed by atoms with Crippen LogP contribution in [0.1, 0.15) is 98.2 Å². The predicted molar refractivity (Wildman–Crippen MR) is 128 cm³/mol. The first-order valence-corrected chi connectivity index (χ1v) is 13.0. The quantitative estimate of drug-likeness (QED) is 0.392. The summed E-state index contributed by atoms with van der Waals surface area (Å²) in [7, 11) is 0. The van der Waals surface area contributed by atoms with Crippen molar-refractivity contribution in [2.24, 2.45) is 17.8 Å². The Kier molecular flexibility index (Phi) is 7.50. The molecule has 1 aromatic rings. The van der Waals surface area contributed by atoms with Crippen molar-refractivity contribution in [3.05, 3.63) is 27.0 Å². The summed E-state index contributed by atoms with van der Waals surface area (Å²) in [6.45, 7) is 7.97. The normalized spacial score (nSPS) is 26.3. The number of likely N-dealkylation sites (N-methyl/N-ethyl adjacent to an activating group) is 1. The Balaban J connectivity index is 1.64. The highest BCUT2D eigenvalue weighted by Gasteiger charge is 2.29. The molecule has 3 aliphatic rings. The van der Waals surface area contributed by atoms with Gasteiger partial charge < -0.3 is 0 Å². The molecular weight excluding hydrogens is 386 g/mol. The number of carbonyl (C=O) groups is 1. The third-order valence-electron chi connectivity index (χ3n) is 7.61. The van der Waals surface area contributed by atoms with Gasteiger partial charge in [-0.25, -0.2) is 0 Å². The summed E-state index contributed by atoms with van der Waals surface area (Å²) >= 11 is 1.61. The fourth-order valence-electron chi connectivity index (χ4n) is 5.62. The second kappa shape index (κ2) is 10.3. The van der Waals surface area contributed by atoms with E-state index >= 15 is 0 Å². The average molecular weight is 424 g/mol. The van der Waals surface area contributed by atoms with Gasteiger partial charge in [-0.1, -0.05) is 57.8 Å². The standard InChI is InChI=1S/C27H37NOS/c1-3-28-16-15-24(26(18-28)22-12-9-20(2)10-13-22)25-17-23(30-27(25)19-29)14-11-21-7-5-4-6-8-21/h17,19-22H,3-10,12-13,15-16,18H2,1-2H3. The molecule has 2 fully saturated rings. The molecule has 4 rings (SSSR count). The van der Waals surface area contributed by atoms with Gasteiger partial charge in [-0.3, -0.25) is 9.69 Å². The Bertz CT molecular complexity index is 825. The molecule has 162 valence electrons. The van der Waals surface area contributed by atoms with E-state index in [9.17, 15) is 4.79 Å². The molecule has 0 unspecified atom stereocenters. The van der Waals surface area contributed by atoms with Gasteiger partial charge in [-0.05, 0) is 67.7 Å². The molecule has 2 heterocycles. The third-order valence-corrected chi connectivity index (χ3v) is 8.59. The molecule has 3 heteroatoms. The monoisotopic (exact) mass is 423 g/mol. The van der Waals surface area contributed by atoms with Crippen LogP contribution in [-0.2, 0) is 0 Å². The topological polar surface area (TPSA) is 20.3 Å². The molecule has 2 nitrogen and oxygen atoms in total. The number of thiophene rings is 1. The molecule has 0 atom stereocenters. The van der Waals surface area contributed by atoms with Crippen molar-refractivity contribution < 1.29 is 4.79 Å². The van der Waals surface area contributed by atoms with E-state index in [-0.39, 0.29) is 0 Å². The van der Waals surface area contributed by atoms with Crippen molar-refractivity contribution in [1.29, 1.82) is 0 Å². The smallest absolute Gasteiger partial charge is 0.160 e. The number of hydrogen-bond acceptors (Lipinski definition) is 3. The summed E-state index contributed by atoms with van der Waals surface area (Å²) in [6.07, 6.45) is 13.9. The van der Waals surface area contributed by atoms with Crippen LogP contribution in [0.3, 0.4) is 0 Å². The van der Waals surface area contributed by atoms with Crippen LogP contribution in [0.2, 0.25) is 0 Å². The first kappa shape index (κ1) is 21.8. The van der Waals surface area contributed by atoms with E-state index in [1.807, 2.05) is 0 Å². The number of hydrogen-bond donors (Lipinski definition) is 0. The minimum Gasteiger partial charge on any atom is -0.299 e. The molecule has 1 aromatic heterocycles. The fourth-order valence-corrected chi connectivity index (χ4v) is 6.48. The molecule has 0 aromatic carbocycles. The highest BCUT2D eigenvalue weighted by molar-refractivity contribution is 7.14. The summed E-state index contributed by atoms with van der Waals surface area (Å²) in [5, 5.41) is 0. The lowest BCUT2D eigenvalue weighted by molar-refractivity contribution is 0.112. The SMILES string of the molecule is CCN1CCC(c2cc(C#CC3CCCCC3)sc2C=O)=C(C2CCC(C)CC2)C1. The zero-order chi connectivity index (χ0) is 20.9. The number of nitrogens with zero attached hydrogens (tertiary/aromatic N) is 1. The van der Waals surface area contributed by atoms with E-state index in [1.54, 1.807) is 16.9 Å². The van der Waals surface area contributed by atoms with E-state index in [2.05, 4.69) is 36.7 Å². The molecular formula is C27H37NOS. The van der Waals surface area contributed by atoms with Gasteiger partial charge in [0.15, 0.2) is 6.29 Å². The first-order chi connectivity index (χ1) is 14.7. The number of aldehydes is 1. The van der Waals surface area contributed by atoms with Gasteiger partial charge in [-0.2, -0.15) is 0 Å². The zero-order valence-electron chi connectivity index (χ0n) is 18.8. The maximum absolute atomic E-state index is 12.0. The van der Waals surface area contributed by atoms with Gasteiger partial charge >= 0.3 is 0 Å². The van der Waals surface area contributed by atoms with Gasteiger partial charge in [0.2, 0.25) is 0 Å². The highest BCUT2D eigenvalue weighted by atomic mass is 32.1. The minimum atomic E-state index is 0.552. The van der Waals surface area contributed by atoms with E-state index in [0.717, 1.165) is 48.0 Å². The van der Waals surface area contributed by atoms with Gasteiger partial charge in [0.1, 0.15) is 0 Å². The summed E-state index contributed by atoms with van der Waals surface area (Å²) in [6, 6.07) is 2.24. The van der Waals surface area contributed by atoms with Gasteiger partial charge in [0.05, 0.1) is 9.75 Å². The summed E-state index contributed by atoms with van der Waals surface area (Å²) in [4.78, 5) is 16.5. The van der Waals surface area contributed by atoms with Crippen molar-refractivity contribution in [1.82, 2.24) is 4.90 Å². The molecule has 1 aliphatic heterocycles. The average Bonchev–Trinajstić information content (AvgIpc) is 3.21. The number of rotatable bonds is 4. The Morgan fingerprint density at radius 2 is 1.90 bits per heavy atom. The zero-order valence-corrected chi connectivity index (χ0v) is 19.7. The van der Waals surface area contributed by atoms with Crippen LogP contribution in [0.5, 0.6) is 0 Å². The van der Waals surface area contributed by atoms with Crippen molar-refractivity contribution >= 4 is 23.2 Å². The Labute approximate surface area is 187 Å². The van der Waals surface area contributed by atoms with Crippen molar-refractivity contribution in [3.63, 3.8) is 0 Å². The van der Waals surface area contributed by atoms with Crippen LogP contribution in [0.15, 0.2) is 11.6 Å². The second-order valence-electron chi connectivity index (χ2n) is 9.69. The van der Waals surface area contributed by atoms with Crippen LogP contribution in [-0.4, -0.2) is 30.8 Å². The van der Waals surface area contributed by atoms with E-state index < -0.39 is 0 Å². The predicted octanol–water partition coefficient (Wildman–Crippen LogP) is 6.80. The molecule has 0 spiro atoms. The van der Waals surface area contributed by atoms with Crippen molar-refractivity contribution in [2.75, 3.05) is 19.6 Å². The first-order valence-electron chi connectivity index (χ1n) is 12.2. The Morgan fingerprint density at radius 1 is 1.13 bits per heavy atom. The van der Waals surface area contributed by atoms with Crippen LogP contribution in [0.4, 0.5) is 0 Å². The van der Waals surface area contributed by atoms with E-state index in [4.69, 9.17) is 0 Å². The largest absolute Gasteiger partial charge is 0.299 e. The molecule has 0 bridgehead atoms. The Hall–Kier alpha value is -1.37. The second-order valence-corrected chi connectivity index (χ2v) is 10.8. The highest BCUT2D eigenvalue weighted by Crippen LogP contribution is 2.41. The van der Waals surface area contributed by atoms with Crippen LogP contribution in [0.25, 0.3) is 5.57 Å². The summed E-state index contributed by atoms with van der Waals surface area (Å²) in [5.74, 6) is 9.08. The lowest BCUT2D eigenvalue weighted by Gasteiger charge is -2.36. The van der Waals surface area contributed by atoms with Crippen LogP contribution < -0.4 is 0 Å². The van der Waals surface area contributed by atoms with Crippen molar-refractivity contribution in [2.45, 2.75) is 78.1 Å². The van der Waals surface area contributed by atoms with Gasteiger partial charge in [-0.15, -0.1) is 11.3 Å². The summed E-state index contributed by atoms with van der Waals surface area (Å²) in [5.41, 5.74) is 4.30. The van der Waals surface area contributed by atoms with Gasteiger partial charge in [0, 0.05) is 24.6 Å². The van der Waals surface area contributed by atoms with Crippen molar-refractivity contribution in [3.8, 4) is 11.8 Å². The lowest BCUT2D eigenvalue weighted by Crippen LogP contribution is -2.34. The molecule has 0 radical (unpaired) electrons. The molecule has 0 saturated heterocycles. The lowest BCUT2D eigenvalue weighted by atomic mass is 9.75. The van der Waals surface area contributed by atoms with Crippen LogP contribution >= 0.6 is 11.3 Å². The molecule has 0 N–H and O–H groups in total. The molecule has 2 aliphatic carbocycles. The maximum atomic E-state index is 12.0. The third kappa shape index (κ3) is 5.09. The molecule has 30 heavy (non-hydrogen) atoms. The fraction of sp³-hybridized carbons (Fsp3) is 0.667. The van der Waals surface area contributed by atoms with Crippen LogP contribution in [0, 0.1) is 29.6 Å². The number of carbonyl (C=O) groups excluding carboxylic acids is 1. The van der Waals surface area contributed by atoms with E-state index in [1.165, 1.54) is 68.9 Å². The minimum absolute atomic E-state index is 0.552. The summed E-state index contributed by atoms with van der Waals surface area (Å²) < 4.78 is 0. The molecule has 0 amide bonds.